The third-order valence-electron chi connectivity index (χ3n) is 3.84. The number of allylic oxidation sites excluding steroid dienone is 10. The van der Waals surface area contributed by atoms with Crippen LogP contribution in [-0.4, -0.2) is 9.97 Å². The molecule has 0 radical (unpaired) electrons. The van der Waals surface area contributed by atoms with E-state index in [0.717, 1.165) is 33.4 Å². The van der Waals surface area contributed by atoms with E-state index in [0.29, 0.717) is 0 Å². The summed E-state index contributed by atoms with van der Waals surface area (Å²) in [6.07, 6.45) is 23.2. The lowest BCUT2D eigenvalue weighted by atomic mass is 9.91. The largest absolute Gasteiger partial charge is 0.264 e. The smallest absolute Gasteiger partial charge is 0.0353 e. The monoisotopic (exact) mass is 400 g/mol. The lowest BCUT2D eigenvalue weighted by Gasteiger charge is -2.14. The van der Waals surface area contributed by atoms with Gasteiger partial charge in [-0.1, -0.05) is 89.5 Å². The zero-order chi connectivity index (χ0) is 22.8. The molecular weight excluding hydrogens is 364 g/mol. The molecule has 0 aliphatic carbocycles. The van der Waals surface area contributed by atoms with Crippen LogP contribution in [0.3, 0.4) is 0 Å². The van der Waals surface area contributed by atoms with Gasteiger partial charge in [0.25, 0.3) is 0 Å². The maximum atomic E-state index is 4.35. The molecule has 0 unspecified atom stereocenters. The van der Waals surface area contributed by atoms with E-state index < -0.39 is 0 Å². The number of rotatable bonds is 7. The first-order valence-corrected chi connectivity index (χ1v) is 10.6. The number of aromatic nitrogens is 2. The Morgan fingerprint density at radius 2 is 1.07 bits per heavy atom. The van der Waals surface area contributed by atoms with E-state index in [4.69, 9.17) is 0 Å². The number of nitrogens with zero attached hydrogens (tertiary/aromatic N) is 2. The second-order valence-electron chi connectivity index (χ2n) is 5.56. The van der Waals surface area contributed by atoms with E-state index in [9.17, 15) is 0 Å². The summed E-state index contributed by atoms with van der Waals surface area (Å²) >= 11 is 0. The van der Waals surface area contributed by atoms with Gasteiger partial charge in [-0.25, -0.2) is 0 Å². The second-order valence-corrected chi connectivity index (χ2v) is 5.56. The van der Waals surface area contributed by atoms with Gasteiger partial charge in [-0.3, -0.25) is 9.97 Å². The van der Waals surface area contributed by atoms with Crippen molar-refractivity contribution >= 4 is 11.1 Å². The van der Waals surface area contributed by atoms with Gasteiger partial charge in [0.2, 0.25) is 0 Å². The van der Waals surface area contributed by atoms with Gasteiger partial charge in [-0.15, -0.1) is 0 Å². The third-order valence-corrected chi connectivity index (χ3v) is 3.84. The van der Waals surface area contributed by atoms with Crippen molar-refractivity contribution in [1.29, 1.82) is 0 Å². The van der Waals surface area contributed by atoms with E-state index in [1.807, 2.05) is 103 Å². The van der Waals surface area contributed by atoms with Crippen molar-refractivity contribution in [3.05, 3.63) is 110 Å². The van der Waals surface area contributed by atoms with Gasteiger partial charge in [0.1, 0.15) is 0 Å². The molecule has 0 fully saturated rings. The molecule has 158 valence electrons. The zero-order valence-corrected chi connectivity index (χ0v) is 19.4. The molecule has 30 heavy (non-hydrogen) atoms. The average Bonchev–Trinajstić information content (AvgIpc) is 2.81. The fourth-order valence-electron chi connectivity index (χ4n) is 2.80. The van der Waals surface area contributed by atoms with Crippen LogP contribution < -0.4 is 0 Å². The van der Waals surface area contributed by atoms with Crippen LogP contribution in [0.15, 0.2) is 98.7 Å². The van der Waals surface area contributed by atoms with Crippen LogP contribution in [0.25, 0.3) is 22.3 Å². The molecule has 2 heteroatoms. The molecule has 0 atom stereocenters. The molecular formula is C28H36N2. The molecule has 0 bridgehead atoms. The van der Waals surface area contributed by atoms with Gasteiger partial charge in [0.15, 0.2) is 0 Å². The lowest BCUT2D eigenvalue weighted by molar-refractivity contribution is 1.28. The van der Waals surface area contributed by atoms with Gasteiger partial charge in [-0.05, 0) is 48.3 Å². The van der Waals surface area contributed by atoms with E-state index in [1.54, 1.807) is 12.2 Å². The Hall–Kier alpha value is -3.26. The molecule has 0 saturated carbocycles. The minimum atomic E-state index is 1.03. The third kappa shape index (κ3) is 7.63. The summed E-state index contributed by atoms with van der Waals surface area (Å²) in [5.74, 6) is 0. The average molecular weight is 401 g/mol. The molecule has 0 aromatic carbocycles. The first-order chi connectivity index (χ1) is 14.8. The van der Waals surface area contributed by atoms with Gasteiger partial charge < -0.3 is 0 Å². The van der Waals surface area contributed by atoms with E-state index >= 15 is 0 Å². The van der Waals surface area contributed by atoms with Crippen LogP contribution in [0.1, 0.15) is 52.7 Å². The molecule has 0 N–H and O–H groups in total. The summed E-state index contributed by atoms with van der Waals surface area (Å²) in [4.78, 5) is 8.71. The van der Waals surface area contributed by atoms with Crippen molar-refractivity contribution in [3.8, 4) is 11.1 Å². The summed E-state index contributed by atoms with van der Waals surface area (Å²) < 4.78 is 0. The van der Waals surface area contributed by atoms with E-state index in [-0.39, 0.29) is 0 Å². The Morgan fingerprint density at radius 1 is 0.700 bits per heavy atom. The molecule has 2 aromatic rings. The second kappa shape index (κ2) is 16.7. The Kier molecular flexibility index (Phi) is 14.9. The van der Waals surface area contributed by atoms with Crippen molar-refractivity contribution in [3.63, 3.8) is 0 Å². The topological polar surface area (TPSA) is 25.8 Å². The van der Waals surface area contributed by atoms with Gasteiger partial charge in [0, 0.05) is 35.9 Å². The highest BCUT2D eigenvalue weighted by Gasteiger charge is 2.13. The zero-order valence-electron chi connectivity index (χ0n) is 19.4. The Bertz CT molecular complexity index is 821. The van der Waals surface area contributed by atoms with E-state index in [2.05, 4.69) is 35.3 Å². The molecule has 2 nitrogen and oxygen atoms in total. The minimum Gasteiger partial charge on any atom is -0.264 e. The molecule has 0 amide bonds. The molecule has 0 spiro atoms. The van der Waals surface area contributed by atoms with Gasteiger partial charge >= 0.3 is 0 Å². The fraction of sp³-hybridized carbons (Fsp3) is 0.214. The molecule has 0 aliphatic heterocycles. The molecule has 2 rings (SSSR count). The predicted molar refractivity (Wildman–Crippen MR) is 136 cm³/mol. The number of hydrogen-bond donors (Lipinski definition) is 0. The Labute approximate surface area is 183 Å². The van der Waals surface area contributed by atoms with Crippen LogP contribution >= 0.6 is 0 Å². The van der Waals surface area contributed by atoms with Crippen LogP contribution in [0.2, 0.25) is 0 Å². The molecule has 0 saturated heterocycles. The number of pyridine rings is 2. The van der Waals surface area contributed by atoms with Crippen molar-refractivity contribution < 1.29 is 0 Å². The first kappa shape index (κ1) is 26.7. The van der Waals surface area contributed by atoms with E-state index in [1.165, 1.54) is 0 Å². The predicted octanol–water partition coefficient (Wildman–Crippen LogP) is 8.49. The van der Waals surface area contributed by atoms with Crippen molar-refractivity contribution in [2.24, 2.45) is 0 Å². The van der Waals surface area contributed by atoms with Crippen molar-refractivity contribution in [2.45, 2.75) is 41.5 Å². The van der Waals surface area contributed by atoms with Crippen LogP contribution in [0, 0.1) is 0 Å². The van der Waals surface area contributed by atoms with Gasteiger partial charge in [-0.2, -0.15) is 0 Å². The number of hydrogen-bond acceptors (Lipinski definition) is 2. The van der Waals surface area contributed by atoms with Gasteiger partial charge in [0.05, 0.1) is 0 Å². The minimum absolute atomic E-state index is 1.03. The van der Waals surface area contributed by atoms with Crippen LogP contribution in [-0.2, 0) is 0 Å². The summed E-state index contributed by atoms with van der Waals surface area (Å²) in [6, 6.07) is 4.04. The maximum Gasteiger partial charge on any atom is 0.0353 e. The Morgan fingerprint density at radius 3 is 1.37 bits per heavy atom. The van der Waals surface area contributed by atoms with Crippen LogP contribution in [0.5, 0.6) is 0 Å². The Balaban J connectivity index is 0.00000198. The molecule has 0 aliphatic rings. The quantitative estimate of drug-likeness (QED) is 0.435. The summed E-state index contributed by atoms with van der Waals surface area (Å²) in [5, 5.41) is 0. The SMILES string of the molecule is C=C/C=C(\C=C/C)c1ccncc1-c1cnccc1C(/C=C\C)=C/C=C.CC.CC. The standard InChI is InChI=1S/C24H24N2.2C2H6/c1-5-9-19(10-6-2)21-13-15-25-17-23(21)24-18-26-16-14-22(24)20(11-7-3)12-8-4;2*1-2/h5-18H,1,3H2,2,4H3;2*1-2H3/b10-6-,12-8-,19-9+,20-11+;;. The highest BCUT2D eigenvalue weighted by molar-refractivity contribution is 5.91. The summed E-state index contributed by atoms with van der Waals surface area (Å²) in [7, 11) is 0. The van der Waals surface area contributed by atoms with Crippen LogP contribution in [0.4, 0.5) is 0 Å². The van der Waals surface area contributed by atoms with Crippen molar-refractivity contribution in [2.75, 3.05) is 0 Å². The maximum absolute atomic E-state index is 4.35. The summed E-state index contributed by atoms with van der Waals surface area (Å²) in [5.41, 5.74) is 6.39. The lowest BCUT2D eigenvalue weighted by Crippen LogP contribution is -1.95. The normalized spacial score (nSPS) is 11.4. The first-order valence-electron chi connectivity index (χ1n) is 10.6. The highest BCUT2D eigenvalue weighted by Crippen LogP contribution is 2.34. The molecule has 2 aromatic heterocycles. The summed E-state index contributed by atoms with van der Waals surface area (Å²) in [6.45, 7) is 19.7. The fourth-order valence-corrected chi connectivity index (χ4v) is 2.80. The van der Waals surface area contributed by atoms with Crippen molar-refractivity contribution in [1.82, 2.24) is 9.97 Å². The molecule has 2 heterocycles. The highest BCUT2D eigenvalue weighted by atomic mass is 14.6.